The largest absolute Gasteiger partial charge is 0.370 e. The van der Waals surface area contributed by atoms with Crippen molar-refractivity contribution in [3.63, 3.8) is 0 Å². The van der Waals surface area contributed by atoms with Crippen LogP contribution in [0.2, 0.25) is 0 Å². The van der Waals surface area contributed by atoms with Crippen LogP contribution in [0, 0.1) is 5.92 Å². The zero-order valence-corrected chi connectivity index (χ0v) is 15.2. The highest BCUT2D eigenvalue weighted by Gasteiger charge is 2.23. The molecule has 3 aromatic rings. The molecule has 0 aliphatic carbocycles. The van der Waals surface area contributed by atoms with Gasteiger partial charge in [0.05, 0.1) is 17.6 Å². The van der Waals surface area contributed by atoms with Gasteiger partial charge in [-0.1, -0.05) is 30.3 Å². The molecule has 1 saturated heterocycles. The molecule has 1 aliphatic heterocycles. The minimum atomic E-state index is -0.0807. The second-order valence-electron chi connectivity index (χ2n) is 6.83. The molecule has 0 spiro atoms. The average Bonchev–Trinajstić information content (AvgIpc) is 3.19. The van der Waals surface area contributed by atoms with Gasteiger partial charge in [0.2, 0.25) is 0 Å². The fourth-order valence-corrected chi connectivity index (χ4v) is 3.30. The molecule has 1 unspecified atom stereocenters. The number of nitrogens with one attached hydrogen (secondary N) is 1. The maximum atomic E-state index is 11.8. The number of rotatable bonds is 5. The first-order valence-corrected chi connectivity index (χ1v) is 9.10. The van der Waals surface area contributed by atoms with Gasteiger partial charge in [0.25, 0.3) is 5.56 Å². The van der Waals surface area contributed by atoms with E-state index in [0.717, 1.165) is 48.8 Å². The predicted octanol–water partition coefficient (Wildman–Crippen LogP) is 2.18. The Labute approximate surface area is 157 Å². The molecule has 27 heavy (non-hydrogen) atoms. The Hall–Kier alpha value is -3.22. The molecule has 138 valence electrons. The van der Waals surface area contributed by atoms with Crippen LogP contribution in [0.5, 0.6) is 0 Å². The zero-order chi connectivity index (χ0) is 18.6. The van der Waals surface area contributed by atoms with Crippen LogP contribution in [0.25, 0.3) is 11.3 Å². The summed E-state index contributed by atoms with van der Waals surface area (Å²) in [6.45, 7) is 2.66. The number of aromatic nitrogens is 4. The Balaban J connectivity index is 1.33. The molecule has 0 radical (unpaired) electrons. The van der Waals surface area contributed by atoms with Crippen molar-refractivity contribution in [2.45, 2.75) is 6.42 Å². The number of aryl methyl sites for hydroxylation is 1. The molecule has 4 rings (SSSR count). The topological polar surface area (TPSA) is 75.9 Å². The molecular weight excluding hydrogens is 340 g/mol. The molecule has 1 aromatic carbocycles. The second kappa shape index (κ2) is 7.57. The van der Waals surface area contributed by atoms with Crippen molar-refractivity contribution in [1.29, 1.82) is 0 Å². The smallest absolute Gasteiger partial charge is 0.268 e. The summed E-state index contributed by atoms with van der Waals surface area (Å²) in [5.74, 6) is 1.27. The minimum absolute atomic E-state index is 0.0807. The summed E-state index contributed by atoms with van der Waals surface area (Å²) in [4.78, 5) is 14.0. The van der Waals surface area contributed by atoms with Gasteiger partial charge in [-0.3, -0.25) is 4.79 Å². The molecule has 2 aromatic heterocycles. The van der Waals surface area contributed by atoms with E-state index in [0.29, 0.717) is 5.92 Å². The molecule has 3 heterocycles. The third-order valence-electron chi connectivity index (χ3n) is 4.91. The lowest BCUT2D eigenvalue weighted by atomic mass is 10.1. The second-order valence-corrected chi connectivity index (χ2v) is 6.83. The molecule has 1 atom stereocenters. The van der Waals surface area contributed by atoms with Crippen molar-refractivity contribution >= 4 is 11.5 Å². The van der Waals surface area contributed by atoms with E-state index in [1.54, 1.807) is 19.3 Å². The maximum absolute atomic E-state index is 11.8. The van der Waals surface area contributed by atoms with Crippen molar-refractivity contribution in [2.75, 3.05) is 29.9 Å². The Morgan fingerprint density at radius 2 is 2.00 bits per heavy atom. The van der Waals surface area contributed by atoms with Crippen LogP contribution < -0.4 is 15.8 Å². The van der Waals surface area contributed by atoms with Crippen LogP contribution in [0.3, 0.4) is 0 Å². The van der Waals surface area contributed by atoms with Crippen molar-refractivity contribution in [3.05, 3.63) is 65.1 Å². The first-order chi connectivity index (χ1) is 13.2. The fraction of sp³-hybridized carbons (Fsp3) is 0.300. The van der Waals surface area contributed by atoms with Gasteiger partial charge in [-0.25, -0.2) is 4.68 Å². The van der Waals surface area contributed by atoms with Crippen molar-refractivity contribution in [1.82, 2.24) is 20.0 Å². The Bertz CT molecular complexity index is 954. The third kappa shape index (κ3) is 3.97. The number of hydrogen-bond donors (Lipinski definition) is 1. The summed E-state index contributed by atoms with van der Waals surface area (Å²) in [5.41, 5.74) is 2.74. The quantitative estimate of drug-likeness (QED) is 0.750. The number of hydrogen-bond acceptors (Lipinski definition) is 6. The summed E-state index contributed by atoms with van der Waals surface area (Å²) in [7, 11) is 1.66. The van der Waals surface area contributed by atoms with Gasteiger partial charge in [0.15, 0.2) is 0 Å². The number of nitrogens with zero attached hydrogens (tertiary/aromatic N) is 5. The maximum Gasteiger partial charge on any atom is 0.268 e. The van der Waals surface area contributed by atoms with Gasteiger partial charge < -0.3 is 10.2 Å². The lowest BCUT2D eigenvalue weighted by molar-refractivity contribution is 0.620. The van der Waals surface area contributed by atoms with Gasteiger partial charge in [0.1, 0.15) is 5.82 Å². The van der Waals surface area contributed by atoms with E-state index in [4.69, 9.17) is 0 Å². The number of benzene rings is 1. The molecule has 0 bridgehead atoms. The highest BCUT2D eigenvalue weighted by atomic mass is 16.1. The summed E-state index contributed by atoms with van der Waals surface area (Å²) in [6, 6.07) is 15.6. The summed E-state index contributed by atoms with van der Waals surface area (Å²) < 4.78 is 1.34. The summed E-state index contributed by atoms with van der Waals surface area (Å²) in [6.07, 6.45) is 2.82. The van der Waals surface area contributed by atoms with Crippen LogP contribution in [0.15, 0.2) is 59.5 Å². The van der Waals surface area contributed by atoms with Crippen LogP contribution in [-0.4, -0.2) is 39.6 Å². The van der Waals surface area contributed by atoms with Crippen molar-refractivity contribution in [3.8, 4) is 11.3 Å². The van der Waals surface area contributed by atoms with E-state index in [9.17, 15) is 4.79 Å². The van der Waals surface area contributed by atoms with E-state index in [2.05, 4.69) is 25.5 Å². The number of anilines is 2. The van der Waals surface area contributed by atoms with E-state index in [1.165, 1.54) is 4.68 Å². The predicted molar refractivity (Wildman–Crippen MR) is 106 cm³/mol. The SMILES string of the molecule is Cn1ncc(N2CCC(CNc3ccc(-c4ccccc4)nn3)C2)cc1=O. The Morgan fingerprint density at radius 1 is 1.15 bits per heavy atom. The molecule has 0 saturated carbocycles. The molecule has 1 fully saturated rings. The van der Waals surface area contributed by atoms with Crippen LogP contribution in [0.4, 0.5) is 11.5 Å². The first kappa shape index (κ1) is 17.2. The summed E-state index contributed by atoms with van der Waals surface area (Å²) >= 11 is 0. The first-order valence-electron chi connectivity index (χ1n) is 9.10. The normalized spacial score (nSPS) is 16.5. The standard InChI is InChI=1S/C20H22N6O/c1-25-20(27)11-17(13-22-25)26-10-9-15(14-26)12-21-19-8-7-18(23-24-19)16-5-3-2-4-6-16/h2-8,11,13,15H,9-10,12,14H2,1H3,(H,21,24). The lowest BCUT2D eigenvalue weighted by Crippen LogP contribution is -2.26. The highest BCUT2D eigenvalue weighted by Crippen LogP contribution is 2.22. The van der Waals surface area contributed by atoms with E-state index in [-0.39, 0.29) is 5.56 Å². The van der Waals surface area contributed by atoms with Gasteiger partial charge >= 0.3 is 0 Å². The molecule has 0 amide bonds. The molecule has 1 N–H and O–H groups in total. The molecule has 1 aliphatic rings. The van der Waals surface area contributed by atoms with Crippen LogP contribution >= 0.6 is 0 Å². The Kier molecular flexibility index (Phi) is 4.82. The monoisotopic (exact) mass is 362 g/mol. The third-order valence-corrected chi connectivity index (χ3v) is 4.91. The van der Waals surface area contributed by atoms with Gasteiger partial charge in [-0.15, -0.1) is 10.2 Å². The van der Waals surface area contributed by atoms with Crippen LogP contribution in [-0.2, 0) is 7.05 Å². The average molecular weight is 362 g/mol. The van der Waals surface area contributed by atoms with Gasteiger partial charge in [0, 0.05) is 38.3 Å². The highest BCUT2D eigenvalue weighted by molar-refractivity contribution is 5.59. The fourth-order valence-electron chi connectivity index (χ4n) is 3.30. The van der Waals surface area contributed by atoms with Crippen molar-refractivity contribution in [2.24, 2.45) is 13.0 Å². The van der Waals surface area contributed by atoms with Gasteiger partial charge in [-0.05, 0) is 24.5 Å². The minimum Gasteiger partial charge on any atom is -0.370 e. The van der Waals surface area contributed by atoms with E-state index in [1.807, 2.05) is 42.5 Å². The molecular formula is C20H22N6O. The van der Waals surface area contributed by atoms with Crippen LogP contribution in [0.1, 0.15) is 6.42 Å². The molecule has 7 nitrogen and oxygen atoms in total. The van der Waals surface area contributed by atoms with E-state index < -0.39 is 0 Å². The lowest BCUT2D eigenvalue weighted by Gasteiger charge is -2.18. The van der Waals surface area contributed by atoms with Crippen molar-refractivity contribution < 1.29 is 0 Å². The zero-order valence-electron chi connectivity index (χ0n) is 15.2. The molecule has 7 heteroatoms. The van der Waals surface area contributed by atoms with Gasteiger partial charge in [-0.2, -0.15) is 5.10 Å². The van der Waals surface area contributed by atoms with E-state index >= 15 is 0 Å². The summed E-state index contributed by atoms with van der Waals surface area (Å²) in [5, 5.41) is 16.1. The Morgan fingerprint density at radius 3 is 2.74 bits per heavy atom.